The molecule has 3 heteroatoms. The molecule has 10 aromatic rings. The molecule has 0 fully saturated rings. The van der Waals surface area contributed by atoms with Gasteiger partial charge in [0.1, 0.15) is 5.58 Å². The summed E-state index contributed by atoms with van der Waals surface area (Å²) in [7, 11) is 0. The summed E-state index contributed by atoms with van der Waals surface area (Å²) in [6.45, 7) is 0. The topological polar surface area (TPSA) is 16.4 Å². The van der Waals surface area contributed by atoms with Crippen molar-refractivity contribution in [3.63, 3.8) is 0 Å². The zero-order chi connectivity index (χ0) is 30.9. The fourth-order valence-electron chi connectivity index (χ4n) is 7.33. The summed E-state index contributed by atoms with van der Waals surface area (Å²) in [6, 6.07) is 58.9. The van der Waals surface area contributed by atoms with Gasteiger partial charge in [0.05, 0.1) is 11.4 Å². The van der Waals surface area contributed by atoms with Crippen LogP contribution in [0, 0.1) is 0 Å². The standard InChI is InChI=1S/C44H27NOS/c1-2-11-28(12-3-1)32-13-4-7-17-37(32)45(38-18-10-16-34-33-14-5-8-19-39(33)46-44(34)38)31-25-23-29-21-22-30-24-26-41-43(42(30)36(29)27-31)35-15-6-9-20-40(35)47-41/h1-27H. The van der Waals surface area contributed by atoms with Crippen LogP contribution in [-0.4, -0.2) is 0 Å². The number of rotatable bonds is 4. The predicted octanol–water partition coefficient (Wildman–Crippen LogP) is 13.4. The van der Waals surface area contributed by atoms with Crippen molar-refractivity contribution in [3.8, 4) is 11.1 Å². The highest BCUT2D eigenvalue weighted by atomic mass is 32.1. The van der Waals surface area contributed by atoms with E-state index >= 15 is 0 Å². The molecule has 0 saturated carbocycles. The number of benzene rings is 8. The van der Waals surface area contributed by atoms with Gasteiger partial charge >= 0.3 is 0 Å². The van der Waals surface area contributed by atoms with E-state index in [0.29, 0.717) is 0 Å². The van der Waals surface area contributed by atoms with E-state index < -0.39 is 0 Å². The van der Waals surface area contributed by atoms with Crippen LogP contribution in [-0.2, 0) is 0 Å². The van der Waals surface area contributed by atoms with E-state index in [2.05, 4.69) is 163 Å². The molecule has 8 aromatic carbocycles. The minimum Gasteiger partial charge on any atom is -0.454 e. The molecule has 2 nitrogen and oxygen atoms in total. The molecule has 0 aliphatic rings. The lowest BCUT2D eigenvalue weighted by atomic mass is 9.96. The molecule has 0 radical (unpaired) electrons. The lowest BCUT2D eigenvalue weighted by Gasteiger charge is -2.28. The van der Waals surface area contributed by atoms with Gasteiger partial charge in [-0.2, -0.15) is 0 Å². The van der Waals surface area contributed by atoms with Gasteiger partial charge < -0.3 is 9.32 Å². The van der Waals surface area contributed by atoms with Gasteiger partial charge in [-0.25, -0.2) is 0 Å². The number of para-hydroxylation sites is 3. The maximum absolute atomic E-state index is 6.67. The van der Waals surface area contributed by atoms with Crippen molar-refractivity contribution >= 4 is 92.1 Å². The average Bonchev–Trinajstić information content (AvgIpc) is 3.71. The molecule has 0 atom stereocenters. The van der Waals surface area contributed by atoms with E-state index in [0.717, 1.165) is 44.6 Å². The highest BCUT2D eigenvalue weighted by Crippen LogP contribution is 2.47. The summed E-state index contributed by atoms with van der Waals surface area (Å²) in [5.41, 5.74) is 7.28. The zero-order valence-electron chi connectivity index (χ0n) is 25.4. The van der Waals surface area contributed by atoms with E-state index in [1.807, 2.05) is 17.4 Å². The fourth-order valence-corrected chi connectivity index (χ4v) is 8.45. The molecule has 2 aromatic heterocycles. The van der Waals surface area contributed by atoms with Crippen molar-refractivity contribution in [2.75, 3.05) is 4.90 Å². The van der Waals surface area contributed by atoms with Gasteiger partial charge in [0, 0.05) is 42.2 Å². The van der Waals surface area contributed by atoms with Crippen molar-refractivity contribution in [3.05, 3.63) is 164 Å². The van der Waals surface area contributed by atoms with Crippen LogP contribution in [0.4, 0.5) is 17.1 Å². The third-order valence-electron chi connectivity index (χ3n) is 9.44. The monoisotopic (exact) mass is 617 g/mol. The molecule has 220 valence electrons. The Kier molecular flexibility index (Phi) is 5.78. The smallest absolute Gasteiger partial charge is 0.159 e. The normalized spacial score (nSPS) is 11.8. The lowest BCUT2D eigenvalue weighted by molar-refractivity contribution is 0.669. The van der Waals surface area contributed by atoms with Gasteiger partial charge in [0.15, 0.2) is 5.58 Å². The summed E-state index contributed by atoms with van der Waals surface area (Å²) < 4.78 is 9.30. The van der Waals surface area contributed by atoms with Gasteiger partial charge in [-0.15, -0.1) is 11.3 Å². The third-order valence-corrected chi connectivity index (χ3v) is 10.6. The molecular weight excluding hydrogens is 591 g/mol. The summed E-state index contributed by atoms with van der Waals surface area (Å²) in [5.74, 6) is 0. The summed E-state index contributed by atoms with van der Waals surface area (Å²) in [4.78, 5) is 2.39. The number of anilines is 3. The summed E-state index contributed by atoms with van der Waals surface area (Å²) >= 11 is 1.87. The second-order valence-electron chi connectivity index (χ2n) is 12.1. The maximum Gasteiger partial charge on any atom is 0.159 e. The second-order valence-corrected chi connectivity index (χ2v) is 13.2. The Labute approximate surface area is 275 Å². The van der Waals surface area contributed by atoms with Crippen molar-refractivity contribution in [2.24, 2.45) is 0 Å². The Morgan fingerprint density at radius 1 is 0.447 bits per heavy atom. The number of hydrogen-bond acceptors (Lipinski definition) is 3. The van der Waals surface area contributed by atoms with Crippen molar-refractivity contribution in [1.82, 2.24) is 0 Å². The first-order valence-corrected chi connectivity index (χ1v) is 16.7. The van der Waals surface area contributed by atoms with Gasteiger partial charge in [0.25, 0.3) is 0 Å². The largest absolute Gasteiger partial charge is 0.454 e. The van der Waals surface area contributed by atoms with Gasteiger partial charge in [-0.3, -0.25) is 0 Å². The Morgan fingerprint density at radius 2 is 1.15 bits per heavy atom. The van der Waals surface area contributed by atoms with Gasteiger partial charge in [-0.1, -0.05) is 121 Å². The third kappa shape index (κ3) is 4.04. The number of thiophene rings is 1. The van der Waals surface area contributed by atoms with Gasteiger partial charge in [-0.05, 0) is 69.6 Å². The van der Waals surface area contributed by atoms with Crippen LogP contribution in [0.25, 0.3) is 74.8 Å². The second kappa shape index (κ2) is 10.3. The summed E-state index contributed by atoms with van der Waals surface area (Å²) in [5, 5.41) is 9.90. The van der Waals surface area contributed by atoms with E-state index in [-0.39, 0.29) is 0 Å². The number of nitrogens with zero attached hydrogens (tertiary/aromatic N) is 1. The lowest BCUT2D eigenvalue weighted by Crippen LogP contribution is -2.11. The van der Waals surface area contributed by atoms with Crippen LogP contribution in [0.2, 0.25) is 0 Å². The maximum atomic E-state index is 6.67. The molecule has 0 amide bonds. The van der Waals surface area contributed by atoms with E-state index in [1.54, 1.807) is 0 Å². The molecule has 0 spiro atoms. The Morgan fingerprint density at radius 3 is 2.09 bits per heavy atom. The van der Waals surface area contributed by atoms with Crippen molar-refractivity contribution in [1.29, 1.82) is 0 Å². The molecule has 0 aliphatic heterocycles. The van der Waals surface area contributed by atoms with Gasteiger partial charge in [0.2, 0.25) is 0 Å². The first-order chi connectivity index (χ1) is 23.3. The molecular formula is C44H27NOS. The Balaban J connectivity index is 1.32. The van der Waals surface area contributed by atoms with E-state index in [9.17, 15) is 0 Å². The minimum atomic E-state index is 0.876. The molecule has 0 N–H and O–H groups in total. The van der Waals surface area contributed by atoms with Crippen LogP contribution >= 0.6 is 11.3 Å². The highest BCUT2D eigenvalue weighted by molar-refractivity contribution is 7.26. The number of fused-ring (bicyclic) bond motifs is 10. The molecule has 0 saturated heterocycles. The van der Waals surface area contributed by atoms with E-state index in [4.69, 9.17) is 4.42 Å². The summed E-state index contributed by atoms with van der Waals surface area (Å²) in [6.07, 6.45) is 0. The molecule has 10 rings (SSSR count). The first kappa shape index (κ1) is 26.3. The molecule has 0 aliphatic carbocycles. The molecule has 47 heavy (non-hydrogen) atoms. The number of hydrogen-bond donors (Lipinski definition) is 0. The van der Waals surface area contributed by atoms with Crippen LogP contribution in [0.3, 0.4) is 0 Å². The molecule has 0 bridgehead atoms. The van der Waals surface area contributed by atoms with Crippen LogP contribution in [0.15, 0.2) is 168 Å². The van der Waals surface area contributed by atoms with Crippen molar-refractivity contribution < 1.29 is 4.42 Å². The molecule has 0 unspecified atom stereocenters. The minimum absolute atomic E-state index is 0.876. The van der Waals surface area contributed by atoms with Crippen LogP contribution in [0.5, 0.6) is 0 Å². The predicted molar refractivity (Wildman–Crippen MR) is 202 cm³/mol. The number of furan rings is 1. The Bertz CT molecular complexity index is 2810. The first-order valence-electron chi connectivity index (χ1n) is 15.9. The SMILES string of the molecule is c1ccc(-c2ccccc2N(c2ccc3ccc4ccc5sc6ccccc6c5c4c3c2)c2cccc3c2oc2ccccc23)cc1. The van der Waals surface area contributed by atoms with E-state index in [1.165, 1.54) is 47.3 Å². The average molecular weight is 618 g/mol. The van der Waals surface area contributed by atoms with Crippen LogP contribution < -0.4 is 4.90 Å². The Hall–Kier alpha value is -5.90. The van der Waals surface area contributed by atoms with Crippen LogP contribution in [0.1, 0.15) is 0 Å². The fraction of sp³-hybridized carbons (Fsp3) is 0. The quantitative estimate of drug-likeness (QED) is 0.183. The molecule has 2 heterocycles. The zero-order valence-corrected chi connectivity index (χ0v) is 26.2. The highest BCUT2D eigenvalue weighted by Gasteiger charge is 2.22. The van der Waals surface area contributed by atoms with Crippen molar-refractivity contribution in [2.45, 2.75) is 0 Å².